The fraction of sp³-hybridized carbons (Fsp3) is 0.462. The summed E-state index contributed by atoms with van der Waals surface area (Å²) in [6.45, 7) is 3.34. The Labute approximate surface area is 101 Å². The summed E-state index contributed by atoms with van der Waals surface area (Å²) in [6.07, 6.45) is 2.77. The second-order valence-corrected chi connectivity index (χ2v) is 3.91. The quantitative estimate of drug-likeness (QED) is 0.734. The molecule has 0 fully saturated rings. The minimum atomic E-state index is -0.237. The molecule has 0 aliphatic rings. The molecule has 17 heavy (non-hydrogen) atoms. The molecule has 1 aromatic carbocycles. The van der Waals surface area contributed by atoms with Crippen molar-refractivity contribution in [2.75, 3.05) is 13.1 Å². The third-order valence-electron chi connectivity index (χ3n) is 2.43. The van der Waals surface area contributed by atoms with E-state index < -0.39 is 0 Å². The molecule has 0 saturated carbocycles. The van der Waals surface area contributed by atoms with Crippen molar-refractivity contribution in [1.82, 2.24) is 10.6 Å². The number of urea groups is 1. The largest absolute Gasteiger partial charge is 0.338 e. The molecule has 4 heteroatoms. The molecule has 1 rings (SSSR count). The highest BCUT2D eigenvalue weighted by atomic mass is 19.1. The Morgan fingerprint density at radius 3 is 2.47 bits per heavy atom. The number of carbonyl (C=O) groups is 1. The molecule has 0 aliphatic heterocycles. The summed E-state index contributed by atoms with van der Waals surface area (Å²) < 4.78 is 12.6. The molecule has 2 amide bonds. The maximum Gasteiger partial charge on any atom is 0.314 e. The molecule has 2 N–H and O–H groups in total. The first-order chi connectivity index (χ1) is 8.22. The molecule has 0 spiro atoms. The molecule has 0 saturated heterocycles. The highest BCUT2D eigenvalue weighted by Gasteiger charge is 1.99. The molecule has 0 aliphatic carbocycles. The van der Waals surface area contributed by atoms with Crippen LogP contribution in [0.3, 0.4) is 0 Å². The third-order valence-corrected chi connectivity index (χ3v) is 2.43. The highest BCUT2D eigenvalue weighted by Crippen LogP contribution is 2.02. The van der Waals surface area contributed by atoms with Crippen LogP contribution in [0.4, 0.5) is 9.18 Å². The Morgan fingerprint density at radius 1 is 1.18 bits per heavy atom. The number of hydrogen-bond donors (Lipinski definition) is 2. The van der Waals surface area contributed by atoms with Crippen LogP contribution in [-0.2, 0) is 6.42 Å². The predicted octanol–water partition coefficient (Wildman–Crippen LogP) is 2.47. The minimum Gasteiger partial charge on any atom is -0.338 e. The molecular formula is C13H19FN2O. The first-order valence-corrected chi connectivity index (χ1v) is 5.98. The maximum atomic E-state index is 12.6. The number of rotatable bonds is 6. The summed E-state index contributed by atoms with van der Waals surface area (Å²) in [4.78, 5) is 11.3. The zero-order valence-corrected chi connectivity index (χ0v) is 10.1. The lowest BCUT2D eigenvalue weighted by Crippen LogP contribution is -2.37. The van der Waals surface area contributed by atoms with E-state index in [-0.39, 0.29) is 11.8 Å². The van der Waals surface area contributed by atoms with Gasteiger partial charge in [-0.3, -0.25) is 0 Å². The molecule has 0 bridgehead atoms. The van der Waals surface area contributed by atoms with Crippen molar-refractivity contribution in [2.24, 2.45) is 0 Å². The number of halogens is 1. The summed E-state index contributed by atoms with van der Waals surface area (Å²) in [5.41, 5.74) is 1.01. The average molecular weight is 238 g/mol. The van der Waals surface area contributed by atoms with Crippen LogP contribution in [0, 0.1) is 5.82 Å². The van der Waals surface area contributed by atoms with Crippen LogP contribution in [0.1, 0.15) is 25.3 Å². The lowest BCUT2D eigenvalue weighted by Gasteiger charge is -2.07. The van der Waals surface area contributed by atoms with Gasteiger partial charge in [0.25, 0.3) is 0 Å². The summed E-state index contributed by atoms with van der Waals surface area (Å²) in [6, 6.07) is 6.17. The zero-order chi connectivity index (χ0) is 12.5. The van der Waals surface area contributed by atoms with Gasteiger partial charge >= 0.3 is 6.03 Å². The molecule has 3 nitrogen and oxygen atoms in total. The average Bonchev–Trinajstić information content (AvgIpc) is 2.32. The second kappa shape index (κ2) is 7.65. The van der Waals surface area contributed by atoms with Gasteiger partial charge in [0.15, 0.2) is 0 Å². The molecule has 0 unspecified atom stereocenters. The van der Waals surface area contributed by atoms with Crippen molar-refractivity contribution in [3.05, 3.63) is 35.6 Å². The Balaban J connectivity index is 2.14. The molecule has 0 atom stereocenters. The van der Waals surface area contributed by atoms with E-state index in [1.165, 1.54) is 12.1 Å². The van der Waals surface area contributed by atoms with E-state index in [0.717, 1.165) is 18.4 Å². The third kappa shape index (κ3) is 5.90. The smallest absolute Gasteiger partial charge is 0.314 e. The van der Waals surface area contributed by atoms with Gasteiger partial charge in [-0.1, -0.05) is 25.5 Å². The molecule has 0 aromatic heterocycles. The predicted molar refractivity (Wildman–Crippen MR) is 66.4 cm³/mol. The summed E-state index contributed by atoms with van der Waals surface area (Å²) >= 11 is 0. The molecule has 0 heterocycles. The van der Waals surface area contributed by atoms with Gasteiger partial charge in [0.2, 0.25) is 0 Å². The Hall–Kier alpha value is -1.58. The minimum absolute atomic E-state index is 0.138. The highest BCUT2D eigenvalue weighted by molar-refractivity contribution is 5.73. The van der Waals surface area contributed by atoms with Crippen LogP contribution >= 0.6 is 0 Å². The lowest BCUT2D eigenvalue weighted by atomic mass is 10.1. The van der Waals surface area contributed by atoms with E-state index >= 15 is 0 Å². The van der Waals surface area contributed by atoms with Gasteiger partial charge in [-0.05, 0) is 30.5 Å². The number of amides is 2. The first-order valence-electron chi connectivity index (χ1n) is 5.98. The molecule has 1 aromatic rings. The number of hydrogen-bond acceptors (Lipinski definition) is 1. The maximum absolute atomic E-state index is 12.6. The van der Waals surface area contributed by atoms with Crippen molar-refractivity contribution in [3.8, 4) is 0 Å². The SMILES string of the molecule is CCCCNC(=O)NCCc1ccc(F)cc1. The van der Waals surface area contributed by atoms with E-state index in [0.29, 0.717) is 19.5 Å². The standard InChI is InChI=1S/C13H19FN2O/c1-2-3-9-15-13(17)16-10-8-11-4-6-12(14)7-5-11/h4-7H,2-3,8-10H2,1H3,(H2,15,16,17). The van der Waals surface area contributed by atoms with E-state index in [1.807, 2.05) is 0 Å². The van der Waals surface area contributed by atoms with Gasteiger partial charge < -0.3 is 10.6 Å². The zero-order valence-electron chi connectivity index (χ0n) is 10.1. The van der Waals surface area contributed by atoms with Crippen LogP contribution in [0.25, 0.3) is 0 Å². The van der Waals surface area contributed by atoms with Crippen molar-refractivity contribution >= 4 is 6.03 Å². The topological polar surface area (TPSA) is 41.1 Å². The summed E-state index contributed by atoms with van der Waals surface area (Å²) in [5, 5.41) is 5.53. The van der Waals surface area contributed by atoms with Gasteiger partial charge in [-0.15, -0.1) is 0 Å². The molecule has 0 radical (unpaired) electrons. The Kier molecular flexibility index (Phi) is 6.07. The Bertz CT molecular complexity index is 338. The summed E-state index contributed by atoms with van der Waals surface area (Å²) in [5.74, 6) is -0.237. The van der Waals surface area contributed by atoms with Gasteiger partial charge in [0, 0.05) is 13.1 Å². The van der Waals surface area contributed by atoms with Crippen LogP contribution in [-0.4, -0.2) is 19.1 Å². The van der Waals surface area contributed by atoms with Gasteiger partial charge in [-0.2, -0.15) is 0 Å². The second-order valence-electron chi connectivity index (χ2n) is 3.91. The normalized spacial score (nSPS) is 10.0. The molecular weight excluding hydrogens is 219 g/mol. The van der Waals surface area contributed by atoms with Gasteiger partial charge in [-0.25, -0.2) is 9.18 Å². The van der Waals surface area contributed by atoms with E-state index in [9.17, 15) is 9.18 Å². The van der Waals surface area contributed by atoms with Crippen LogP contribution in [0.5, 0.6) is 0 Å². The number of unbranched alkanes of at least 4 members (excludes halogenated alkanes) is 1. The summed E-state index contributed by atoms with van der Waals surface area (Å²) in [7, 11) is 0. The van der Waals surface area contributed by atoms with Gasteiger partial charge in [0.1, 0.15) is 5.82 Å². The van der Waals surface area contributed by atoms with Crippen molar-refractivity contribution < 1.29 is 9.18 Å². The van der Waals surface area contributed by atoms with E-state index in [1.54, 1.807) is 12.1 Å². The molecule has 94 valence electrons. The van der Waals surface area contributed by atoms with Crippen LogP contribution < -0.4 is 10.6 Å². The number of benzene rings is 1. The Morgan fingerprint density at radius 2 is 1.82 bits per heavy atom. The van der Waals surface area contributed by atoms with Crippen LogP contribution in [0.2, 0.25) is 0 Å². The van der Waals surface area contributed by atoms with Crippen LogP contribution in [0.15, 0.2) is 24.3 Å². The number of carbonyl (C=O) groups excluding carboxylic acids is 1. The van der Waals surface area contributed by atoms with Crippen molar-refractivity contribution in [3.63, 3.8) is 0 Å². The number of nitrogens with one attached hydrogen (secondary N) is 2. The fourth-order valence-corrected chi connectivity index (χ4v) is 1.41. The van der Waals surface area contributed by atoms with Crippen molar-refractivity contribution in [1.29, 1.82) is 0 Å². The van der Waals surface area contributed by atoms with Crippen molar-refractivity contribution in [2.45, 2.75) is 26.2 Å². The monoisotopic (exact) mass is 238 g/mol. The lowest BCUT2D eigenvalue weighted by molar-refractivity contribution is 0.241. The van der Waals surface area contributed by atoms with E-state index in [2.05, 4.69) is 17.6 Å². The first kappa shape index (κ1) is 13.5. The fourth-order valence-electron chi connectivity index (χ4n) is 1.41. The van der Waals surface area contributed by atoms with E-state index in [4.69, 9.17) is 0 Å². The van der Waals surface area contributed by atoms with Gasteiger partial charge in [0.05, 0.1) is 0 Å².